The lowest BCUT2D eigenvalue weighted by atomic mass is 9.81. The molecule has 1 fully saturated rings. The van der Waals surface area contributed by atoms with Crippen LogP contribution in [0.2, 0.25) is 0 Å². The van der Waals surface area contributed by atoms with Gasteiger partial charge in [0.2, 0.25) is 11.8 Å². The Labute approximate surface area is 139 Å². The normalized spacial score (nSPS) is 20.7. The summed E-state index contributed by atoms with van der Waals surface area (Å²) < 4.78 is 0. The number of benzene rings is 1. The van der Waals surface area contributed by atoms with Crippen LogP contribution in [0.5, 0.6) is 0 Å². The van der Waals surface area contributed by atoms with Crippen molar-refractivity contribution in [2.24, 2.45) is 11.8 Å². The third kappa shape index (κ3) is 5.70. The first-order valence-electron chi connectivity index (χ1n) is 8.80. The van der Waals surface area contributed by atoms with Crippen LogP contribution in [0.3, 0.4) is 0 Å². The summed E-state index contributed by atoms with van der Waals surface area (Å²) in [6, 6.07) is 10.2. The van der Waals surface area contributed by atoms with E-state index < -0.39 is 0 Å². The van der Waals surface area contributed by atoms with E-state index in [1.54, 1.807) is 0 Å². The summed E-state index contributed by atoms with van der Waals surface area (Å²) >= 11 is 0. The monoisotopic (exact) mass is 316 g/mol. The van der Waals surface area contributed by atoms with E-state index in [0.717, 1.165) is 45.1 Å². The van der Waals surface area contributed by atoms with Gasteiger partial charge >= 0.3 is 0 Å². The Kier molecular flexibility index (Phi) is 7.11. The van der Waals surface area contributed by atoms with Gasteiger partial charge in [-0.15, -0.1) is 0 Å². The Morgan fingerprint density at radius 1 is 0.913 bits per heavy atom. The van der Waals surface area contributed by atoms with E-state index in [2.05, 4.69) is 29.7 Å². The summed E-state index contributed by atoms with van der Waals surface area (Å²) in [5.41, 5.74) is 1.24. The summed E-state index contributed by atoms with van der Waals surface area (Å²) in [6.07, 6.45) is 5.12. The molecule has 1 aromatic rings. The van der Waals surface area contributed by atoms with Crippen molar-refractivity contribution in [1.29, 1.82) is 0 Å². The fraction of sp³-hybridized carbons (Fsp3) is 0.579. The Morgan fingerprint density at radius 2 is 1.43 bits per heavy atom. The molecule has 1 aliphatic rings. The lowest BCUT2D eigenvalue weighted by Gasteiger charge is -2.27. The third-order valence-corrected chi connectivity index (χ3v) is 4.57. The predicted octanol–water partition coefficient (Wildman–Crippen LogP) is 2.68. The molecule has 0 spiro atoms. The molecule has 2 rings (SSSR count). The fourth-order valence-electron chi connectivity index (χ4n) is 3.13. The highest BCUT2D eigenvalue weighted by Crippen LogP contribution is 2.29. The van der Waals surface area contributed by atoms with E-state index >= 15 is 0 Å². The molecule has 0 radical (unpaired) electrons. The van der Waals surface area contributed by atoms with Gasteiger partial charge in [0.1, 0.15) is 0 Å². The molecular weight excluding hydrogens is 288 g/mol. The maximum Gasteiger partial charge on any atom is 0.223 e. The molecule has 1 aliphatic carbocycles. The van der Waals surface area contributed by atoms with Crippen molar-refractivity contribution in [1.82, 2.24) is 10.6 Å². The Bertz CT molecular complexity index is 493. The van der Waals surface area contributed by atoms with E-state index in [-0.39, 0.29) is 23.7 Å². The minimum atomic E-state index is 0.0704. The maximum atomic E-state index is 12.2. The van der Waals surface area contributed by atoms with Crippen LogP contribution in [0.15, 0.2) is 30.3 Å². The van der Waals surface area contributed by atoms with Crippen LogP contribution >= 0.6 is 0 Å². The van der Waals surface area contributed by atoms with Crippen LogP contribution in [0.25, 0.3) is 0 Å². The Morgan fingerprint density at radius 3 is 1.96 bits per heavy atom. The lowest BCUT2D eigenvalue weighted by molar-refractivity contribution is -0.130. The topological polar surface area (TPSA) is 58.2 Å². The molecule has 126 valence electrons. The first kappa shape index (κ1) is 17.5. The molecular formula is C19H28N2O2. The number of amides is 2. The molecule has 1 aromatic carbocycles. The zero-order valence-corrected chi connectivity index (χ0v) is 14.0. The summed E-state index contributed by atoms with van der Waals surface area (Å²) in [4.78, 5) is 24.2. The van der Waals surface area contributed by atoms with Crippen LogP contribution < -0.4 is 10.6 Å². The number of nitrogens with one attached hydrogen (secondary N) is 2. The SMILES string of the molecule is CCCNC(=O)C1CCC(C(=O)NCCc2ccccc2)CC1. The number of rotatable bonds is 7. The van der Waals surface area contributed by atoms with Crippen molar-refractivity contribution in [2.45, 2.75) is 45.4 Å². The van der Waals surface area contributed by atoms with E-state index in [0.29, 0.717) is 6.54 Å². The molecule has 1 saturated carbocycles. The van der Waals surface area contributed by atoms with E-state index in [1.807, 2.05) is 18.2 Å². The average Bonchev–Trinajstić information content (AvgIpc) is 2.60. The Hall–Kier alpha value is -1.84. The van der Waals surface area contributed by atoms with Gasteiger partial charge in [0.05, 0.1) is 0 Å². The fourth-order valence-corrected chi connectivity index (χ4v) is 3.13. The zero-order valence-electron chi connectivity index (χ0n) is 14.0. The van der Waals surface area contributed by atoms with Crippen LogP contribution in [-0.4, -0.2) is 24.9 Å². The first-order chi connectivity index (χ1) is 11.2. The molecule has 0 atom stereocenters. The van der Waals surface area contributed by atoms with Crippen molar-refractivity contribution < 1.29 is 9.59 Å². The summed E-state index contributed by atoms with van der Waals surface area (Å²) in [5, 5.41) is 6.00. The quantitative estimate of drug-likeness (QED) is 0.812. The van der Waals surface area contributed by atoms with Gasteiger partial charge in [-0.3, -0.25) is 9.59 Å². The van der Waals surface area contributed by atoms with Gasteiger partial charge in [-0.2, -0.15) is 0 Å². The molecule has 4 nitrogen and oxygen atoms in total. The number of hydrogen-bond acceptors (Lipinski definition) is 2. The summed E-state index contributed by atoms with van der Waals surface area (Å²) in [5.74, 6) is 0.471. The van der Waals surface area contributed by atoms with Crippen LogP contribution in [0, 0.1) is 11.8 Å². The number of hydrogen-bond donors (Lipinski definition) is 2. The minimum absolute atomic E-state index is 0.0704. The van der Waals surface area contributed by atoms with Crippen LogP contribution in [0.4, 0.5) is 0 Å². The van der Waals surface area contributed by atoms with Crippen molar-refractivity contribution in [2.75, 3.05) is 13.1 Å². The molecule has 4 heteroatoms. The molecule has 0 bridgehead atoms. The van der Waals surface area contributed by atoms with Gasteiger partial charge < -0.3 is 10.6 Å². The molecule has 23 heavy (non-hydrogen) atoms. The minimum Gasteiger partial charge on any atom is -0.356 e. The smallest absolute Gasteiger partial charge is 0.223 e. The van der Waals surface area contributed by atoms with Crippen molar-refractivity contribution in [3.8, 4) is 0 Å². The van der Waals surface area contributed by atoms with Crippen molar-refractivity contribution in [3.63, 3.8) is 0 Å². The van der Waals surface area contributed by atoms with E-state index in [4.69, 9.17) is 0 Å². The largest absolute Gasteiger partial charge is 0.356 e. The average molecular weight is 316 g/mol. The molecule has 0 heterocycles. The molecule has 0 unspecified atom stereocenters. The molecule has 0 aliphatic heterocycles. The highest BCUT2D eigenvalue weighted by Gasteiger charge is 2.29. The van der Waals surface area contributed by atoms with Crippen LogP contribution in [-0.2, 0) is 16.0 Å². The lowest BCUT2D eigenvalue weighted by Crippen LogP contribution is -2.38. The molecule has 2 amide bonds. The standard InChI is InChI=1S/C19H28N2O2/c1-2-13-20-18(22)16-8-10-17(11-9-16)19(23)21-14-12-15-6-4-3-5-7-15/h3-7,16-17H,2,8-14H2,1H3,(H,20,22)(H,21,23). The zero-order chi connectivity index (χ0) is 16.5. The van der Waals surface area contributed by atoms with Gasteiger partial charge in [-0.1, -0.05) is 37.3 Å². The second-order valence-corrected chi connectivity index (χ2v) is 6.37. The first-order valence-corrected chi connectivity index (χ1v) is 8.80. The van der Waals surface area contributed by atoms with Crippen molar-refractivity contribution >= 4 is 11.8 Å². The second-order valence-electron chi connectivity index (χ2n) is 6.37. The third-order valence-electron chi connectivity index (χ3n) is 4.57. The van der Waals surface area contributed by atoms with Gasteiger partial charge in [-0.05, 0) is 44.1 Å². The molecule has 0 saturated heterocycles. The van der Waals surface area contributed by atoms with Gasteiger partial charge in [0.15, 0.2) is 0 Å². The van der Waals surface area contributed by atoms with E-state index in [9.17, 15) is 9.59 Å². The second kappa shape index (κ2) is 9.33. The summed E-state index contributed by atoms with van der Waals surface area (Å²) in [6.45, 7) is 3.48. The maximum absolute atomic E-state index is 12.2. The van der Waals surface area contributed by atoms with Crippen molar-refractivity contribution in [3.05, 3.63) is 35.9 Å². The molecule has 0 aromatic heterocycles. The predicted molar refractivity (Wildman–Crippen MR) is 91.9 cm³/mol. The molecule has 2 N–H and O–H groups in total. The number of carbonyl (C=O) groups excluding carboxylic acids is 2. The van der Waals surface area contributed by atoms with E-state index in [1.165, 1.54) is 5.56 Å². The van der Waals surface area contributed by atoms with Crippen LogP contribution in [0.1, 0.15) is 44.6 Å². The van der Waals surface area contributed by atoms with Gasteiger partial charge in [-0.25, -0.2) is 0 Å². The highest BCUT2D eigenvalue weighted by molar-refractivity contribution is 5.81. The van der Waals surface area contributed by atoms with Gasteiger partial charge in [0.25, 0.3) is 0 Å². The number of carbonyl (C=O) groups is 2. The Balaban J connectivity index is 1.66. The summed E-state index contributed by atoms with van der Waals surface area (Å²) in [7, 11) is 0. The highest BCUT2D eigenvalue weighted by atomic mass is 16.2. The van der Waals surface area contributed by atoms with Gasteiger partial charge in [0, 0.05) is 24.9 Å².